The Kier molecular flexibility index (Phi) is 4.47. The molecule has 1 atom stereocenters. The third-order valence-electron chi connectivity index (χ3n) is 2.10. The quantitative estimate of drug-likeness (QED) is 0.775. The Balaban J connectivity index is 2.67. The van der Waals surface area contributed by atoms with Crippen molar-refractivity contribution in [2.24, 2.45) is 0 Å². The molecule has 0 fully saturated rings. The molecule has 0 aliphatic heterocycles. The summed E-state index contributed by atoms with van der Waals surface area (Å²) in [5.74, 6) is 0. The van der Waals surface area contributed by atoms with Gasteiger partial charge in [0.15, 0.2) is 0 Å². The van der Waals surface area contributed by atoms with Gasteiger partial charge in [0.25, 0.3) is 0 Å². The number of aliphatic hydroxyl groups is 1. The molecule has 2 heteroatoms. The maximum absolute atomic E-state index is 9.37. The van der Waals surface area contributed by atoms with E-state index in [-0.39, 0.29) is 6.10 Å². The number of hydrogen-bond donors (Lipinski definition) is 1. The van der Waals surface area contributed by atoms with Crippen molar-refractivity contribution in [3.05, 3.63) is 30.3 Å². The second-order valence-corrected chi connectivity index (χ2v) is 3.63. The number of aliphatic hydroxyl groups excluding tert-OH is 1. The van der Waals surface area contributed by atoms with Gasteiger partial charge in [0.1, 0.15) is 0 Å². The Morgan fingerprint density at radius 3 is 2.43 bits per heavy atom. The largest absolute Gasteiger partial charge is 0.392 e. The van der Waals surface area contributed by atoms with Crippen LogP contribution in [-0.2, 0) is 0 Å². The molecule has 0 aliphatic carbocycles. The summed E-state index contributed by atoms with van der Waals surface area (Å²) in [4.78, 5) is 2.21. The molecular weight excluding hydrogens is 174 g/mol. The van der Waals surface area contributed by atoms with Gasteiger partial charge in [-0.2, -0.15) is 0 Å². The van der Waals surface area contributed by atoms with Crippen molar-refractivity contribution in [1.82, 2.24) is 0 Å². The lowest BCUT2D eigenvalue weighted by Gasteiger charge is -2.25. The number of anilines is 1. The van der Waals surface area contributed by atoms with Gasteiger partial charge < -0.3 is 10.0 Å². The van der Waals surface area contributed by atoms with Gasteiger partial charge in [0.05, 0.1) is 6.10 Å². The first-order valence-electron chi connectivity index (χ1n) is 5.22. The SMILES string of the molecule is CCCN(CC(C)O)c1ccccc1. The van der Waals surface area contributed by atoms with Crippen molar-refractivity contribution in [3.8, 4) is 0 Å². The normalized spacial score (nSPS) is 12.5. The lowest BCUT2D eigenvalue weighted by Crippen LogP contribution is -2.31. The fraction of sp³-hybridized carbons (Fsp3) is 0.500. The van der Waals surface area contributed by atoms with Crippen LogP contribution >= 0.6 is 0 Å². The number of nitrogens with zero attached hydrogens (tertiary/aromatic N) is 1. The molecule has 0 saturated carbocycles. The smallest absolute Gasteiger partial charge is 0.0687 e. The third kappa shape index (κ3) is 3.38. The van der Waals surface area contributed by atoms with E-state index in [0.29, 0.717) is 6.54 Å². The Labute approximate surface area is 86.2 Å². The first-order valence-corrected chi connectivity index (χ1v) is 5.22. The highest BCUT2D eigenvalue weighted by atomic mass is 16.3. The van der Waals surface area contributed by atoms with Crippen LogP contribution in [0.2, 0.25) is 0 Å². The monoisotopic (exact) mass is 193 g/mol. The van der Waals surface area contributed by atoms with Gasteiger partial charge in [0, 0.05) is 18.8 Å². The van der Waals surface area contributed by atoms with Crippen LogP contribution in [0.5, 0.6) is 0 Å². The second kappa shape index (κ2) is 5.66. The lowest BCUT2D eigenvalue weighted by molar-refractivity contribution is 0.200. The van der Waals surface area contributed by atoms with Gasteiger partial charge >= 0.3 is 0 Å². The molecule has 0 radical (unpaired) electrons. The van der Waals surface area contributed by atoms with Crippen molar-refractivity contribution in [2.75, 3.05) is 18.0 Å². The molecule has 0 heterocycles. The lowest BCUT2D eigenvalue weighted by atomic mass is 10.2. The van der Waals surface area contributed by atoms with Crippen LogP contribution in [0.15, 0.2) is 30.3 Å². The van der Waals surface area contributed by atoms with Crippen molar-refractivity contribution in [3.63, 3.8) is 0 Å². The molecule has 0 saturated heterocycles. The van der Waals surface area contributed by atoms with Crippen LogP contribution in [0, 0.1) is 0 Å². The molecule has 1 aromatic rings. The summed E-state index contributed by atoms with van der Waals surface area (Å²) in [5.41, 5.74) is 1.19. The first-order chi connectivity index (χ1) is 6.74. The van der Waals surface area contributed by atoms with Gasteiger partial charge in [-0.1, -0.05) is 25.1 Å². The van der Waals surface area contributed by atoms with E-state index < -0.39 is 0 Å². The van der Waals surface area contributed by atoms with E-state index in [1.165, 1.54) is 5.69 Å². The van der Waals surface area contributed by atoms with Crippen LogP contribution in [0.25, 0.3) is 0 Å². The molecule has 2 nitrogen and oxygen atoms in total. The minimum Gasteiger partial charge on any atom is -0.392 e. The average molecular weight is 193 g/mol. The summed E-state index contributed by atoms with van der Waals surface area (Å²) in [5, 5.41) is 9.37. The fourth-order valence-corrected chi connectivity index (χ4v) is 1.55. The van der Waals surface area contributed by atoms with E-state index in [0.717, 1.165) is 13.0 Å². The van der Waals surface area contributed by atoms with Gasteiger partial charge in [-0.3, -0.25) is 0 Å². The minimum atomic E-state index is -0.276. The highest BCUT2D eigenvalue weighted by molar-refractivity contribution is 5.45. The zero-order valence-corrected chi connectivity index (χ0v) is 8.98. The minimum absolute atomic E-state index is 0.276. The van der Waals surface area contributed by atoms with Crippen molar-refractivity contribution < 1.29 is 5.11 Å². The number of para-hydroxylation sites is 1. The van der Waals surface area contributed by atoms with E-state index in [2.05, 4.69) is 24.0 Å². The fourth-order valence-electron chi connectivity index (χ4n) is 1.55. The molecule has 0 aromatic heterocycles. The van der Waals surface area contributed by atoms with Crippen LogP contribution < -0.4 is 4.90 Å². The molecule has 0 amide bonds. The Hall–Kier alpha value is -1.02. The van der Waals surface area contributed by atoms with Gasteiger partial charge in [-0.15, -0.1) is 0 Å². The van der Waals surface area contributed by atoms with Crippen LogP contribution in [0.1, 0.15) is 20.3 Å². The summed E-state index contributed by atoms with van der Waals surface area (Å²) in [6.45, 7) is 5.68. The van der Waals surface area contributed by atoms with Gasteiger partial charge in [-0.25, -0.2) is 0 Å². The maximum atomic E-state index is 9.37. The summed E-state index contributed by atoms with van der Waals surface area (Å²) in [6, 6.07) is 10.2. The Morgan fingerprint density at radius 2 is 1.93 bits per heavy atom. The zero-order valence-electron chi connectivity index (χ0n) is 8.98. The molecule has 0 bridgehead atoms. The molecular formula is C12H19NO. The maximum Gasteiger partial charge on any atom is 0.0687 e. The zero-order chi connectivity index (χ0) is 10.4. The summed E-state index contributed by atoms with van der Waals surface area (Å²) in [6.07, 6.45) is 0.823. The third-order valence-corrected chi connectivity index (χ3v) is 2.10. The molecule has 1 rings (SSSR count). The standard InChI is InChI=1S/C12H19NO/c1-3-9-13(10-11(2)14)12-7-5-4-6-8-12/h4-8,11,14H,3,9-10H2,1-2H3. The van der Waals surface area contributed by atoms with E-state index in [1.807, 2.05) is 25.1 Å². The Bertz CT molecular complexity index is 246. The van der Waals surface area contributed by atoms with E-state index in [9.17, 15) is 5.11 Å². The van der Waals surface area contributed by atoms with E-state index >= 15 is 0 Å². The van der Waals surface area contributed by atoms with Crippen molar-refractivity contribution in [2.45, 2.75) is 26.4 Å². The summed E-state index contributed by atoms with van der Waals surface area (Å²) >= 11 is 0. The molecule has 0 aliphatic rings. The summed E-state index contributed by atoms with van der Waals surface area (Å²) in [7, 11) is 0. The highest BCUT2D eigenvalue weighted by Crippen LogP contribution is 2.13. The molecule has 1 aromatic carbocycles. The number of benzene rings is 1. The number of hydrogen-bond acceptors (Lipinski definition) is 2. The van der Waals surface area contributed by atoms with Crippen molar-refractivity contribution in [1.29, 1.82) is 0 Å². The molecule has 0 spiro atoms. The predicted molar refractivity (Wildman–Crippen MR) is 60.6 cm³/mol. The van der Waals surface area contributed by atoms with Gasteiger partial charge in [0.2, 0.25) is 0 Å². The number of rotatable bonds is 5. The van der Waals surface area contributed by atoms with Crippen LogP contribution in [-0.4, -0.2) is 24.3 Å². The van der Waals surface area contributed by atoms with Crippen LogP contribution in [0.3, 0.4) is 0 Å². The topological polar surface area (TPSA) is 23.5 Å². The summed E-state index contributed by atoms with van der Waals surface area (Å²) < 4.78 is 0. The molecule has 1 N–H and O–H groups in total. The second-order valence-electron chi connectivity index (χ2n) is 3.63. The Morgan fingerprint density at radius 1 is 1.29 bits per heavy atom. The molecule has 14 heavy (non-hydrogen) atoms. The van der Waals surface area contributed by atoms with E-state index in [1.54, 1.807) is 0 Å². The highest BCUT2D eigenvalue weighted by Gasteiger charge is 2.07. The van der Waals surface area contributed by atoms with Gasteiger partial charge in [-0.05, 0) is 25.5 Å². The van der Waals surface area contributed by atoms with Crippen LogP contribution in [0.4, 0.5) is 5.69 Å². The average Bonchev–Trinajstić information content (AvgIpc) is 2.18. The predicted octanol–water partition coefficient (Wildman–Crippen LogP) is 2.28. The first kappa shape index (κ1) is 11.1. The molecule has 78 valence electrons. The molecule has 1 unspecified atom stereocenters. The van der Waals surface area contributed by atoms with Crippen molar-refractivity contribution >= 4 is 5.69 Å². The van der Waals surface area contributed by atoms with E-state index in [4.69, 9.17) is 0 Å².